The van der Waals surface area contributed by atoms with E-state index in [-0.39, 0.29) is 53.4 Å². The van der Waals surface area contributed by atoms with Crippen LogP contribution in [0, 0.1) is 12.7 Å². The lowest BCUT2D eigenvalue weighted by atomic mass is 9.86. The van der Waals surface area contributed by atoms with Crippen LogP contribution in [-0.4, -0.2) is 56.9 Å². The first-order valence-electron chi connectivity index (χ1n) is 7.74. The zero-order chi connectivity index (χ0) is 18.4. The zero-order valence-corrected chi connectivity index (χ0v) is 14.3. The Morgan fingerprint density at radius 3 is 2.60 bits per heavy atom. The van der Waals surface area contributed by atoms with E-state index in [9.17, 15) is 19.5 Å². The SMILES string of the molecule is Cc1ccc(Cl)c(C2=C(O)C3(CCN(O)CC3)N(OCO)C2=O)c1F. The van der Waals surface area contributed by atoms with Crippen LogP contribution in [0.5, 0.6) is 0 Å². The molecule has 7 nitrogen and oxygen atoms in total. The summed E-state index contributed by atoms with van der Waals surface area (Å²) in [6.45, 7) is 1.06. The molecule has 0 atom stereocenters. The average molecular weight is 373 g/mol. The van der Waals surface area contributed by atoms with Crippen LogP contribution in [0.2, 0.25) is 5.02 Å². The summed E-state index contributed by atoms with van der Waals surface area (Å²) in [7, 11) is 0. The molecule has 136 valence electrons. The summed E-state index contributed by atoms with van der Waals surface area (Å²) in [6.07, 6.45) is 0.297. The molecule has 1 spiro atoms. The van der Waals surface area contributed by atoms with E-state index in [2.05, 4.69) is 0 Å². The van der Waals surface area contributed by atoms with Gasteiger partial charge < -0.3 is 15.4 Å². The van der Waals surface area contributed by atoms with E-state index >= 15 is 0 Å². The number of nitrogens with zero attached hydrogens (tertiary/aromatic N) is 2. The molecule has 1 amide bonds. The van der Waals surface area contributed by atoms with Gasteiger partial charge >= 0.3 is 0 Å². The molecule has 3 rings (SSSR count). The second-order valence-electron chi connectivity index (χ2n) is 6.12. The Bertz CT molecular complexity index is 746. The number of amides is 1. The highest BCUT2D eigenvalue weighted by Crippen LogP contribution is 2.46. The molecule has 0 saturated carbocycles. The summed E-state index contributed by atoms with van der Waals surface area (Å²) in [5, 5.41) is 31.5. The molecule has 3 N–H and O–H groups in total. The van der Waals surface area contributed by atoms with E-state index in [1.54, 1.807) is 0 Å². The minimum absolute atomic E-state index is 0.0152. The molecule has 1 aromatic carbocycles. The molecule has 25 heavy (non-hydrogen) atoms. The van der Waals surface area contributed by atoms with Gasteiger partial charge in [-0.1, -0.05) is 17.7 Å². The summed E-state index contributed by atoms with van der Waals surface area (Å²) in [4.78, 5) is 17.9. The van der Waals surface area contributed by atoms with Crippen molar-refractivity contribution in [3.63, 3.8) is 0 Å². The van der Waals surface area contributed by atoms with Gasteiger partial charge in [-0.3, -0.25) is 4.79 Å². The molecule has 0 bridgehead atoms. The molecule has 1 aromatic rings. The van der Waals surface area contributed by atoms with Gasteiger partial charge in [-0.25, -0.2) is 14.3 Å². The van der Waals surface area contributed by atoms with Crippen LogP contribution in [0.1, 0.15) is 24.0 Å². The molecular formula is C16H18ClFN2O5. The topological polar surface area (TPSA) is 93.5 Å². The second kappa shape index (κ2) is 6.54. The number of piperidine rings is 1. The summed E-state index contributed by atoms with van der Waals surface area (Å²) >= 11 is 6.09. The first kappa shape index (κ1) is 18.1. The zero-order valence-electron chi connectivity index (χ0n) is 13.5. The van der Waals surface area contributed by atoms with Crippen LogP contribution < -0.4 is 0 Å². The van der Waals surface area contributed by atoms with E-state index in [1.807, 2.05) is 0 Å². The number of benzene rings is 1. The molecular weight excluding hydrogens is 355 g/mol. The largest absolute Gasteiger partial charge is 0.509 e. The van der Waals surface area contributed by atoms with Crippen LogP contribution in [0.3, 0.4) is 0 Å². The summed E-state index contributed by atoms with van der Waals surface area (Å²) < 4.78 is 14.7. The smallest absolute Gasteiger partial charge is 0.282 e. The lowest BCUT2D eigenvalue weighted by Gasteiger charge is -2.41. The Balaban J connectivity index is 2.18. The molecule has 2 aliphatic heterocycles. The second-order valence-corrected chi connectivity index (χ2v) is 6.53. The van der Waals surface area contributed by atoms with Crippen molar-refractivity contribution in [3.8, 4) is 0 Å². The summed E-state index contributed by atoms with van der Waals surface area (Å²) in [5.41, 5.74) is -1.49. The van der Waals surface area contributed by atoms with Crippen LogP contribution in [-0.2, 0) is 9.63 Å². The lowest BCUT2D eigenvalue weighted by Crippen LogP contribution is -2.54. The fraction of sp³-hybridized carbons (Fsp3) is 0.438. The summed E-state index contributed by atoms with van der Waals surface area (Å²) in [6, 6.07) is 2.92. The van der Waals surface area contributed by atoms with E-state index in [1.165, 1.54) is 19.1 Å². The third-order valence-corrected chi connectivity index (χ3v) is 5.07. The van der Waals surface area contributed by atoms with Gasteiger partial charge in [0.05, 0.1) is 10.6 Å². The Hall–Kier alpha value is -1.71. The molecule has 0 aliphatic carbocycles. The third-order valence-electron chi connectivity index (χ3n) is 4.75. The van der Waals surface area contributed by atoms with Crippen molar-refractivity contribution < 1.29 is 29.4 Å². The van der Waals surface area contributed by atoms with E-state index in [0.717, 1.165) is 10.1 Å². The number of rotatable bonds is 3. The number of carbonyl (C=O) groups is 1. The minimum atomic E-state index is -1.28. The number of hydrogen-bond acceptors (Lipinski definition) is 6. The number of carbonyl (C=O) groups excluding carboxylic acids is 1. The standard InChI is InChI=1S/C16H18ClFN2O5/c1-9-2-3-10(17)11(13(9)18)12-14(22)16(4-6-19(24)7-5-16)20(15(12)23)25-8-21/h2-3,21-22,24H,4-8H2,1H3. The highest BCUT2D eigenvalue weighted by Gasteiger charge is 2.55. The van der Waals surface area contributed by atoms with Gasteiger partial charge in [0.25, 0.3) is 5.91 Å². The Morgan fingerprint density at radius 1 is 1.36 bits per heavy atom. The van der Waals surface area contributed by atoms with Gasteiger partial charge in [-0.05, 0) is 31.4 Å². The number of aryl methyl sites for hydroxylation is 1. The first-order chi connectivity index (χ1) is 11.8. The third kappa shape index (κ3) is 2.70. The van der Waals surface area contributed by atoms with Gasteiger partial charge in [-0.2, -0.15) is 5.06 Å². The van der Waals surface area contributed by atoms with Crippen LogP contribution in [0.15, 0.2) is 17.9 Å². The van der Waals surface area contributed by atoms with Crippen LogP contribution in [0.25, 0.3) is 5.57 Å². The number of hydroxylamine groups is 4. The fourth-order valence-corrected chi connectivity index (χ4v) is 3.62. The molecule has 1 fully saturated rings. The normalized spacial score (nSPS) is 20.8. The first-order valence-corrected chi connectivity index (χ1v) is 8.12. The minimum Gasteiger partial charge on any atom is -0.509 e. The Kier molecular flexibility index (Phi) is 4.74. The number of halogens is 2. The molecule has 9 heteroatoms. The van der Waals surface area contributed by atoms with Crippen LogP contribution >= 0.6 is 11.6 Å². The number of hydrogen-bond donors (Lipinski definition) is 3. The van der Waals surface area contributed by atoms with Crippen molar-refractivity contribution in [1.82, 2.24) is 10.1 Å². The maximum absolute atomic E-state index is 14.7. The average Bonchev–Trinajstić information content (AvgIpc) is 2.77. The molecule has 2 heterocycles. The fourth-order valence-electron chi connectivity index (χ4n) is 3.38. The number of aliphatic hydroxyl groups is 2. The molecule has 0 unspecified atom stereocenters. The quantitative estimate of drug-likeness (QED) is 0.703. The predicted molar refractivity (Wildman–Crippen MR) is 86.0 cm³/mol. The van der Waals surface area contributed by atoms with Crippen molar-refractivity contribution in [2.75, 3.05) is 19.9 Å². The molecule has 2 aliphatic rings. The summed E-state index contributed by atoms with van der Waals surface area (Å²) in [5.74, 6) is -1.86. The predicted octanol–water partition coefficient (Wildman–Crippen LogP) is 2.00. The maximum atomic E-state index is 14.7. The highest BCUT2D eigenvalue weighted by molar-refractivity contribution is 6.35. The molecule has 1 saturated heterocycles. The molecule has 0 aromatic heterocycles. The van der Waals surface area contributed by atoms with Crippen molar-refractivity contribution in [2.45, 2.75) is 25.3 Å². The van der Waals surface area contributed by atoms with Gasteiger partial charge in [0, 0.05) is 18.7 Å². The number of aliphatic hydroxyl groups excluding tert-OH is 2. The highest BCUT2D eigenvalue weighted by atomic mass is 35.5. The van der Waals surface area contributed by atoms with Crippen LogP contribution in [0.4, 0.5) is 4.39 Å². The Labute approximate surface area is 148 Å². The molecule has 0 radical (unpaired) electrons. The van der Waals surface area contributed by atoms with Crippen molar-refractivity contribution in [2.24, 2.45) is 0 Å². The maximum Gasteiger partial charge on any atom is 0.282 e. The van der Waals surface area contributed by atoms with Gasteiger partial charge in [0.1, 0.15) is 17.1 Å². The van der Waals surface area contributed by atoms with Crippen molar-refractivity contribution >= 4 is 23.1 Å². The monoisotopic (exact) mass is 372 g/mol. The van der Waals surface area contributed by atoms with E-state index < -0.39 is 24.1 Å². The Morgan fingerprint density at radius 2 is 2.00 bits per heavy atom. The van der Waals surface area contributed by atoms with Crippen molar-refractivity contribution in [3.05, 3.63) is 39.9 Å². The van der Waals surface area contributed by atoms with E-state index in [0.29, 0.717) is 0 Å². The van der Waals surface area contributed by atoms with Gasteiger partial charge in [0.2, 0.25) is 0 Å². The van der Waals surface area contributed by atoms with Gasteiger partial charge in [0.15, 0.2) is 6.79 Å². The van der Waals surface area contributed by atoms with E-state index in [4.69, 9.17) is 21.5 Å². The lowest BCUT2D eigenvalue weighted by molar-refractivity contribution is -0.253. The van der Waals surface area contributed by atoms with Gasteiger partial charge in [-0.15, -0.1) is 0 Å². The van der Waals surface area contributed by atoms with Crippen molar-refractivity contribution in [1.29, 1.82) is 0 Å².